The molecular formula is C20H31NO3. The van der Waals surface area contributed by atoms with Gasteiger partial charge in [0.1, 0.15) is 11.4 Å². The van der Waals surface area contributed by atoms with Crippen LogP contribution >= 0.6 is 0 Å². The molecule has 2 rings (SSSR count). The summed E-state index contributed by atoms with van der Waals surface area (Å²) in [6.07, 6.45) is 4.82. The minimum absolute atomic E-state index is 0.0214. The van der Waals surface area contributed by atoms with Gasteiger partial charge in [-0.05, 0) is 76.1 Å². The van der Waals surface area contributed by atoms with E-state index in [1.54, 1.807) is 0 Å². The molecule has 0 saturated heterocycles. The van der Waals surface area contributed by atoms with Crippen LogP contribution in [0.4, 0.5) is 5.69 Å². The lowest BCUT2D eigenvalue weighted by atomic mass is 9.78. The van der Waals surface area contributed by atoms with Crippen molar-refractivity contribution >= 4 is 11.6 Å². The molecule has 0 aliphatic heterocycles. The summed E-state index contributed by atoms with van der Waals surface area (Å²) in [5, 5.41) is 3.03. The number of hydrogen-bond donors (Lipinski definition) is 1. The van der Waals surface area contributed by atoms with Crippen molar-refractivity contribution in [2.75, 3.05) is 11.9 Å². The van der Waals surface area contributed by atoms with E-state index in [4.69, 9.17) is 9.47 Å². The minimum Gasteiger partial charge on any atom is -0.491 e. The zero-order valence-corrected chi connectivity index (χ0v) is 15.4. The van der Waals surface area contributed by atoms with Crippen LogP contribution < -0.4 is 10.1 Å². The summed E-state index contributed by atoms with van der Waals surface area (Å²) in [6.45, 7) is 8.89. The first-order chi connectivity index (χ1) is 11.5. The Balaban J connectivity index is 2.01. The van der Waals surface area contributed by atoms with Crippen LogP contribution in [0.1, 0.15) is 59.8 Å². The quantitative estimate of drug-likeness (QED) is 0.780. The van der Waals surface area contributed by atoms with Crippen LogP contribution in [-0.2, 0) is 9.53 Å². The number of amides is 1. The van der Waals surface area contributed by atoms with Gasteiger partial charge in [-0.2, -0.15) is 0 Å². The van der Waals surface area contributed by atoms with Gasteiger partial charge in [-0.1, -0.05) is 13.8 Å². The molecule has 4 heteroatoms. The molecule has 1 aromatic rings. The Hall–Kier alpha value is -1.55. The number of rotatable bonds is 7. The molecular weight excluding hydrogens is 302 g/mol. The number of hydrogen-bond acceptors (Lipinski definition) is 3. The van der Waals surface area contributed by atoms with E-state index in [1.165, 1.54) is 0 Å². The van der Waals surface area contributed by atoms with E-state index in [9.17, 15) is 4.79 Å². The summed E-state index contributed by atoms with van der Waals surface area (Å²) >= 11 is 0. The average molecular weight is 333 g/mol. The maximum absolute atomic E-state index is 12.8. The van der Waals surface area contributed by atoms with Crippen LogP contribution in [0.5, 0.6) is 5.75 Å². The fourth-order valence-electron chi connectivity index (χ4n) is 3.12. The largest absolute Gasteiger partial charge is 0.491 e. The van der Waals surface area contributed by atoms with Crippen LogP contribution in [0.15, 0.2) is 24.3 Å². The van der Waals surface area contributed by atoms with E-state index >= 15 is 0 Å². The molecule has 1 fully saturated rings. The number of anilines is 1. The summed E-state index contributed by atoms with van der Waals surface area (Å²) in [6, 6.07) is 7.58. The first-order valence-corrected chi connectivity index (χ1v) is 9.21. The lowest BCUT2D eigenvalue weighted by Gasteiger charge is -2.37. The highest BCUT2D eigenvalue weighted by Gasteiger charge is 2.41. The molecule has 1 saturated carbocycles. The Labute approximate surface area is 145 Å². The van der Waals surface area contributed by atoms with Crippen LogP contribution in [0.25, 0.3) is 0 Å². The van der Waals surface area contributed by atoms with Gasteiger partial charge in [0.2, 0.25) is 0 Å². The predicted molar refractivity (Wildman–Crippen MR) is 97.4 cm³/mol. The maximum atomic E-state index is 12.8. The first kappa shape index (κ1) is 18.8. The van der Waals surface area contributed by atoms with Crippen molar-refractivity contribution in [3.05, 3.63) is 24.3 Å². The van der Waals surface area contributed by atoms with E-state index in [-0.39, 0.29) is 12.0 Å². The third-order valence-corrected chi connectivity index (χ3v) is 4.94. The second-order valence-electron chi connectivity index (χ2n) is 6.93. The Morgan fingerprint density at radius 3 is 2.42 bits per heavy atom. The van der Waals surface area contributed by atoms with E-state index in [1.807, 2.05) is 38.1 Å². The number of carbonyl (C=O) groups excluding carboxylic acids is 1. The van der Waals surface area contributed by atoms with Crippen molar-refractivity contribution in [2.24, 2.45) is 5.92 Å². The van der Waals surface area contributed by atoms with Gasteiger partial charge in [-0.25, -0.2) is 0 Å². The van der Waals surface area contributed by atoms with Gasteiger partial charge >= 0.3 is 0 Å². The fourth-order valence-corrected chi connectivity index (χ4v) is 3.12. The summed E-state index contributed by atoms with van der Waals surface area (Å²) in [4.78, 5) is 12.8. The Morgan fingerprint density at radius 1 is 1.25 bits per heavy atom. The van der Waals surface area contributed by atoms with Gasteiger partial charge in [-0.15, -0.1) is 0 Å². The van der Waals surface area contributed by atoms with Crippen molar-refractivity contribution in [1.82, 2.24) is 0 Å². The van der Waals surface area contributed by atoms with E-state index < -0.39 is 5.60 Å². The average Bonchev–Trinajstić information content (AvgIpc) is 2.59. The molecule has 1 N–H and O–H groups in total. The van der Waals surface area contributed by atoms with Crippen molar-refractivity contribution in [2.45, 2.75) is 71.5 Å². The van der Waals surface area contributed by atoms with Gasteiger partial charge in [0, 0.05) is 12.3 Å². The zero-order valence-electron chi connectivity index (χ0n) is 15.4. The highest BCUT2D eigenvalue weighted by molar-refractivity contribution is 5.97. The molecule has 4 nitrogen and oxygen atoms in total. The zero-order chi connectivity index (χ0) is 17.6. The second-order valence-corrected chi connectivity index (χ2v) is 6.93. The third kappa shape index (κ3) is 4.73. The molecule has 1 aliphatic rings. The molecule has 134 valence electrons. The lowest BCUT2D eigenvalue weighted by Crippen LogP contribution is -2.48. The maximum Gasteiger partial charge on any atom is 0.256 e. The molecule has 1 unspecified atom stereocenters. The molecule has 1 aromatic carbocycles. The number of benzene rings is 1. The smallest absolute Gasteiger partial charge is 0.256 e. The normalized spacial score (nSPS) is 25.1. The highest BCUT2D eigenvalue weighted by Crippen LogP contribution is 2.36. The number of nitrogens with one attached hydrogen (secondary N) is 1. The topological polar surface area (TPSA) is 47.6 Å². The van der Waals surface area contributed by atoms with Gasteiger partial charge in [0.05, 0.1) is 6.10 Å². The van der Waals surface area contributed by atoms with Crippen molar-refractivity contribution in [1.29, 1.82) is 0 Å². The standard InChI is InChI=1S/C20H31NO3/c1-5-16(4)24-18-9-7-17(8-10-18)21-19(22)20(23-6-2)13-11-15(3)12-14-20/h7-10,15-16H,5-6,11-14H2,1-4H3,(H,21,22). The van der Waals surface area contributed by atoms with Crippen LogP contribution in [0.3, 0.4) is 0 Å². The summed E-state index contributed by atoms with van der Waals surface area (Å²) in [5.74, 6) is 1.48. The molecule has 24 heavy (non-hydrogen) atoms. The minimum atomic E-state index is -0.673. The highest BCUT2D eigenvalue weighted by atomic mass is 16.5. The van der Waals surface area contributed by atoms with Crippen LogP contribution in [0, 0.1) is 5.92 Å². The van der Waals surface area contributed by atoms with Crippen LogP contribution in [0.2, 0.25) is 0 Å². The van der Waals surface area contributed by atoms with Gasteiger partial charge in [-0.3, -0.25) is 4.79 Å². The summed E-state index contributed by atoms with van der Waals surface area (Å²) < 4.78 is 11.7. The molecule has 0 spiro atoms. The molecule has 1 aliphatic carbocycles. The predicted octanol–water partition coefficient (Wildman–Crippen LogP) is 4.79. The van der Waals surface area contributed by atoms with Crippen molar-refractivity contribution in [3.63, 3.8) is 0 Å². The monoisotopic (exact) mass is 333 g/mol. The Kier molecular flexibility index (Phi) is 6.67. The second kappa shape index (κ2) is 8.52. The Bertz CT molecular complexity index is 518. The van der Waals surface area contributed by atoms with Gasteiger partial charge < -0.3 is 14.8 Å². The third-order valence-electron chi connectivity index (χ3n) is 4.94. The summed E-state index contributed by atoms with van der Waals surface area (Å²) in [5.41, 5.74) is 0.113. The van der Waals surface area contributed by atoms with Gasteiger partial charge in [0.15, 0.2) is 0 Å². The first-order valence-electron chi connectivity index (χ1n) is 9.21. The van der Waals surface area contributed by atoms with Gasteiger partial charge in [0.25, 0.3) is 5.91 Å². The molecule has 0 aromatic heterocycles. The molecule has 0 heterocycles. The molecule has 0 bridgehead atoms. The van der Waals surface area contributed by atoms with Crippen LogP contribution in [-0.4, -0.2) is 24.2 Å². The lowest BCUT2D eigenvalue weighted by molar-refractivity contribution is -0.146. The molecule has 0 radical (unpaired) electrons. The van der Waals surface area contributed by atoms with Crippen molar-refractivity contribution in [3.8, 4) is 5.75 Å². The molecule has 1 atom stereocenters. The molecule has 1 amide bonds. The SMILES string of the molecule is CCOC1(C(=O)Nc2ccc(OC(C)CC)cc2)CCC(C)CC1. The summed E-state index contributed by atoms with van der Waals surface area (Å²) in [7, 11) is 0. The van der Waals surface area contributed by atoms with E-state index in [0.29, 0.717) is 12.5 Å². The van der Waals surface area contributed by atoms with E-state index in [0.717, 1.165) is 43.5 Å². The van der Waals surface area contributed by atoms with E-state index in [2.05, 4.69) is 19.2 Å². The number of ether oxygens (including phenoxy) is 2. The van der Waals surface area contributed by atoms with Crippen molar-refractivity contribution < 1.29 is 14.3 Å². The number of carbonyl (C=O) groups is 1. The Morgan fingerprint density at radius 2 is 1.88 bits per heavy atom. The fraction of sp³-hybridized carbons (Fsp3) is 0.650.